The summed E-state index contributed by atoms with van der Waals surface area (Å²) >= 11 is 5.86. The molecule has 2 aromatic carbocycles. The zero-order valence-corrected chi connectivity index (χ0v) is 14.6. The minimum atomic E-state index is -1.57. The third kappa shape index (κ3) is 4.97. The van der Waals surface area contributed by atoms with Gasteiger partial charge in [-0.3, -0.25) is 10.0 Å². The van der Waals surface area contributed by atoms with Gasteiger partial charge in [0, 0.05) is 18.1 Å². The number of nitrogens with one attached hydrogen (secondary N) is 1. The highest BCUT2D eigenvalue weighted by atomic mass is 35.5. The van der Waals surface area contributed by atoms with Crippen LogP contribution < -0.4 is 5.48 Å². The topological polar surface area (TPSA) is 58.6 Å². The Labute approximate surface area is 153 Å². The van der Waals surface area contributed by atoms with E-state index >= 15 is 0 Å². The molecule has 0 bridgehead atoms. The van der Waals surface area contributed by atoms with Crippen molar-refractivity contribution in [2.45, 2.75) is 24.9 Å². The number of amides is 1. The second-order valence-corrected chi connectivity index (χ2v) is 6.19. The Morgan fingerprint density at radius 1 is 1.19 bits per heavy atom. The third-order valence-corrected chi connectivity index (χ3v) is 4.32. The molecule has 0 aliphatic heterocycles. The summed E-state index contributed by atoms with van der Waals surface area (Å²) in [6, 6.07) is 8.52. The first-order chi connectivity index (χ1) is 12.3. The maximum absolute atomic E-state index is 13.7. The molecule has 0 radical (unpaired) electrons. The molecule has 1 amide bonds. The maximum Gasteiger partial charge on any atom is 0.245 e. The van der Waals surface area contributed by atoms with Crippen molar-refractivity contribution in [2.75, 3.05) is 7.11 Å². The van der Waals surface area contributed by atoms with Crippen LogP contribution in [-0.2, 0) is 16.0 Å². The molecule has 2 rings (SSSR count). The van der Waals surface area contributed by atoms with E-state index in [4.69, 9.17) is 21.5 Å². The number of carbonyl (C=O) groups is 1. The number of hydrogen-bond donors (Lipinski definition) is 2. The van der Waals surface area contributed by atoms with Crippen molar-refractivity contribution < 1.29 is 27.9 Å². The lowest BCUT2D eigenvalue weighted by atomic mass is 9.85. The molecule has 0 fully saturated rings. The predicted molar refractivity (Wildman–Crippen MR) is 89.6 cm³/mol. The summed E-state index contributed by atoms with van der Waals surface area (Å²) in [4.78, 5) is 11.5. The Hall–Kier alpha value is -2.09. The molecule has 4 nitrogen and oxygen atoms in total. The first-order valence-corrected chi connectivity index (χ1v) is 8.08. The summed E-state index contributed by atoms with van der Waals surface area (Å²) in [5.74, 6) is -5.63. The second kappa shape index (κ2) is 9.02. The van der Waals surface area contributed by atoms with E-state index in [1.165, 1.54) is 12.6 Å². The molecule has 0 unspecified atom stereocenters. The van der Waals surface area contributed by atoms with Gasteiger partial charge in [-0.2, -0.15) is 0 Å². The number of rotatable bonds is 7. The van der Waals surface area contributed by atoms with Crippen LogP contribution in [0.1, 0.15) is 23.5 Å². The molecule has 8 heteroatoms. The van der Waals surface area contributed by atoms with Crippen LogP contribution in [0.4, 0.5) is 13.2 Å². The summed E-state index contributed by atoms with van der Waals surface area (Å²) in [7, 11) is 1.33. The SMILES string of the molecule is CO[C@H](CC(=O)NO)[C@H](Cc1ccc(Cl)cc1)c1cc(F)c(F)c(F)c1. The van der Waals surface area contributed by atoms with Gasteiger partial charge in [0.1, 0.15) is 0 Å². The third-order valence-electron chi connectivity index (χ3n) is 4.07. The average molecular weight is 388 g/mol. The van der Waals surface area contributed by atoms with E-state index in [2.05, 4.69) is 0 Å². The lowest BCUT2D eigenvalue weighted by Gasteiger charge is -2.26. The summed E-state index contributed by atoms with van der Waals surface area (Å²) < 4.78 is 46.0. The predicted octanol–water partition coefficient (Wildman–Crippen LogP) is 3.99. The summed E-state index contributed by atoms with van der Waals surface area (Å²) in [5.41, 5.74) is 2.40. The molecule has 0 aliphatic rings. The number of hydrogen-bond acceptors (Lipinski definition) is 3. The number of methoxy groups -OCH3 is 1. The van der Waals surface area contributed by atoms with E-state index in [0.717, 1.165) is 17.7 Å². The second-order valence-electron chi connectivity index (χ2n) is 5.75. The van der Waals surface area contributed by atoms with Crippen LogP contribution in [0.15, 0.2) is 36.4 Å². The maximum atomic E-state index is 13.7. The fourth-order valence-electron chi connectivity index (χ4n) is 2.75. The van der Waals surface area contributed by atoms with E-state index < -0.39 is 35.4 Å². The van der Waals surface area contributed by atoms with Crippen molar-refractivity contribution in [3.05, 3.63) is 70.0 Å². The van der Waals surface area contributed by atoms with Gasteiger partial charge in [-0.1, -0.05) is 23.7 Å². The van der Waals surface area contributed by atoms with E-state index in [9.17, 15) is 18.0 Å². The molecule has 0 aliphatic carbocycles. The molecule has 0 aromatic heterocycles. The number of ether oxygens (including phenoxy) is 1. The average Bonchev–Trinajstić information content (AvgIpc) is 2.63. The highest BCUT2D eigenvalue weighted by molar-refractivity contribution is 6.30. The van der Waals surface area contributed by atoms with E-state index in [-0.39, 0.29) is 18.4 Å². The first-order valence-electron chi connectivity index (χ1n) is 7.70. The standard InChI is InChI=1S/C18H17ClF3NO3/c1-26-16(9-17(24)23-25)13(6-10-2-4-12(19)5-3-10)11-7-14(20)18(22)15(21)8-11/h2-5,7-8,13,16,25H,6,9H2,1H3,(H,23,24)/t13-,16-/m1/s1. The molecule has 2 atom stereocenters. The van der Waals surface area contributed by atoms with Crippen molar-refractivity contribution in [1.29, 1.82) is 0 Å². The van der Waals surface area contributed by atoms with Gasteiger partial charge in [-0.05, 0) is 41.8 Å². The van der Waals surface area contributed by atoms with E-state index in [0.29, 0.717) is 5.02 Å². The van der Waals surface area contributed by atoms with Crippen molar-refractivity contribution >= 4 is 17.5 Å². The molecule has 2 N–H and O–H groups in total. The summed E-state index contributed by atoms with van der Waals surface area (Å²) in [6.45, 7) is 0. The molecule has 0 heterocycles. The van der Waals surface area contributed by atoms with Crippen LogP contribution in [0, 0.1) is 17.5 Å². The molecular formula is C18H17ClF3NO3. The monoisotopic (exact) mass is 387 g/mol. The van der Waals surface area contributed by atoms with Gasteiger partial charge in [-0.25, -0.2) is 18.7 Å². The minimum Gasteiger partial charge on any atom is -0.380 e. The Morgan fingerprint density at radius 2 is 1.77 bits per heavy atom. The highest BCUT2D eigenvalue weighted by Gasteiger charge is 2.28. The fraction of sp³-hybridized carbons (Fsp3) is 0.278. The number of benzene rings is 2. The van der Waals surface area contributed by atoms with Gasteiger partial charge in [0.2, 0.25) is 5.91 Å². The van der Waals surface area contributed by atoms with Gasteiger partial charge in [-0.15, -0.1) is 0 Å². The largest absolute Gasteiger partial charge is 0.380 e. The lowest BCUT2D eigenvalue weighted by Crippen LogP contribution is -2.31. The molecule has 0 saturated carbocycles. The summed E-state index contributed by atoms with van der Waals surface area (Å²) in [6.07, 6.45) is -0.827. The van der Waals surface area contributed by atoms with Gasteiger partial charge in [0.25, 0.3) is 0 Å². The van der Waals surface area contributed by atoms with Crippen molar-refractivity contribution in [1.82, 2.24) is 5.48 Å². The summed E-state index contributed by atoms with van der Waals surface area (Å²) in [5, 5.41) is 9.26. The van der Waals surface area contributed by atoms with Gasteiger partial charge in [0.05, 0.1) is 12.5 Å². The van der Waals surface area contributed by atoms with Crippen LogP contribution in [-0.4, -0.2) is 24.3 Å². The minimum absolute atomic E-state index is 0.133. The normalized spacial score (nSPS) is 13.3. The molecule has 26 heavy (non-hydrogen) atoms. The molecular weight excluding hydrogens is 371 g/mol. The van der Waals surface area contributed by atoms with Crippen molar-refractivity contribution in [3.8, 4) is 0 Å². The lowest BCUT2D eigenvalue weighted by molar-refractivity contribution is -0.132. The Bertz CT molecular complexity index is 748. The Kier molecular flexibility index (Phi) is 7.02. The van der Waals surface area contributed by atoms with Crippen LogP contribution >= 0.6 is 11.6 Å². The Balaban J connectivity index is 2.42. The van der Waals surface area contributed by atoms with Crippen molar-refractivity contribution in [2.24, 2.45) is 0 Å². The van der Waals surface area contributed by atoms with E-state index in [1.54, 1.807) is 24.3 Å². The quantitative estimate of drug-likeness (QED) is 0.429. The van der Waals surface area contributed by atoms with Gasteiger partial charge < -0.3 is 4.74 Å². The van der Waals surface area contributed by atoms with Gasteiger partial charge >= 0.3 is 0 Å². The van der Waals surface area contributed by atoms with Crippen LogP contribution in [0.5, 0.6) is 0 Å². The van der Waals surface area contributed by atoms with Crippen LogP contribution in [0.3, 0.4) is 0 Å². The molecule has 140 valence electrons. The number of halogens is 4. The number of carbonyl (C=O) groups excluding carboxylic acids is 1. The smallest absolute Gasteiger partial charge is 0.245 e. The van der Waals surface area contributed by atoms with Gasteiger partial charge in [0.15, 0.2) is 17.5 Å². The van der Waals surface area contributed by atoms with E-state index in [1.807, 2.05) is 0 Å². The van der Waals surface area contributed by atoms with Crippen molar-refractivity contribution in [3.63, 3.8) is 0 Å². The molecule has 0 saturated heterocycles. The van der Waals surface area contributed by atoms with Crippen LogP contribution in [0.25, 0.3) is 0 Å². The number of hydroxylamine groups is 1. The highest BCUT2D eigenvalue weighted by Crippen LogP contribution is 2.30. The molecule has 2 aromatic rings. The van der Waals surface area contributed by atoms with Crippen LogP contribution in [0.2, 0.25) is 5.02 Å². The zero-order valence-electron chi connectivity index (χ0n) is 13.8. The zero-order chi connectivity index (χ0) is 19.3. The first kappa shape index (κ1) is 20.2. The Morgan fingerprint density at radius 3 is 2.27 bits per heavy atom. The fourth-order valence-corrected chi connectivity index (χ4v) is 2.87. The molecule has 0 spiro atoms.